The zero-order valence-corrected chi connectivity index (χ0v) is 15.2. The van der Waals surface area contributed by atoms with Crippen LogP contribution in [-0.2, 0) is 0 Å². The van der Waals surface area contributed by atoms with Crippen LogP contribution < -0.4 is 37.8 Å². The van der Waals surface area contributed by atoms with Gasteiger partial charge >= 0.3 is 0 Å². The van der Waals surface area contributed by atoms with Gasteiger partial charge in [-0.2, -0.15) is 21.9 Å². The van der Waals surface area contributed by atoms with Crippen LogP contribution in [0.25, 0.3) is 0 Å². The van der Waals surface area contributed by atoms with Crippen LogP contribution in [0.4, 0.5) is 0 Å². The summed E-state index contributed by atoms with van der Waals surface area (Å²) in [6.07, 6.45) is -1.11. The maximum atomic E-state index is 2.38. The first-order valence-corrected chi connectivity index (χ1v) is 10.6. The van der Waals surface area contributed by atoms with Crippen molar-refractivity contribution in [1.29, 1.82) is 0 Å². The summed E-state index contributed by atoms with van der Waals surface area (Å²) in [6.45, 7) is 0. The van der Waals surface area contributed by atoms with Gasteiger partial charge < -0.3 is 0 Å². The smallest absolute Gasteiger partial charge is 0.110 e. The number of rotatable bonds is 1. The van der Waals surface area contributed by atoms with Gasteiger partial charge in [-0.05, 0) is 23.8 Å². The monoisotopic (exact) mass is 347 g/mol. The predicted molar refractivity (Wildman–Crippen MR) is 116 cm³/mol. The van der Waals surface area contributed by atoms with Gasteiger partial charge in [0.25, 0.3) is 0 Å². The van der Waals surface area contributed by atoms with Crippen LogP contribution in [0.5, 0.6) is 0 Å². The van der Waals surface area contributed by atoms with E-state index in [4.69, 9.17) is 0 Å². The van der Waals surface area contributed by atoms with Crippen molar-refractivity contribution >= 4 is 51.8 Å². The molecule has 3 aliphatic rings. The molecule has 0 N–H and O–H groups in total. The molecule has 0 radical (unpaired) electrons. The molecule has 0 aromatic heterocycles. The minimum Gasteiger partial charge on any atom is -0.195 e. The molecule has 0 amide bonds. The van der Waals surface area contributed by atoms with Crippen LogP contribution in [0.1, 0.15) is 0 Å². The van der Waals surface area contributed by atoms with Crippen molar-refractivity contribution in [2.75, 3.05) is 0 Å². The Bertz CT molecular complexity index is 1030. The second kappa shape index (κ2) is 5.19. The molecule has 2 bridgehead atoms. The molecular formula is C24H17BP-. The van der Waals surface area contributed by atoms with Gasteiger partial charge in [0.05, 0.1) is 0 Å². The molecule has 0 saturated heterocycles. The second-order valence-electron chi connectivity index (χ2n) is 7.29. The molecule has 0 fully saturated rings. The molecule has 4 aromatic carbocycles. The molecule has 0 aliphatic carbocycles. The first-order chi connectivity index (χ1) is 12.9. The highest BCUT2D eigenvalue weighted by atomic mass is 31.1. The van der Waals surface area contributed by atoms with Gasteiger partial charge in [-0.3, -0.25) is 0 Å². The van der Waals surface area contributed by atoms with Crippen LogP contribution in [0.3, 0.4) is 0 Å². The fourth-order valence-electron chi connectivity index (χ4n) is 5.34. The lowest BCUT2D eigenvalue weighted by Gasteiger charge is -2.57. The second-order valence-corrected chi connectivity index (χ2v) is 9.40. The Hall–Kier alpha value is -2.63. The van der Waals surface area contributed by atoms with E-state index in [0.29, 0.717) is 0 Å². The highest BCUT2D eigenvalue weighted by Crippen LogP contribution is 2.38. The van der Waals surface area contributed by atoms with Crippen molar-refractivity contribution in [2.24, 2.45) is 0 Å². The Morgan fingerprint density at radius 1 is 0.423 bits per heavy atom. The maximum Gasteiger partial charge on any atom is 0.110 e. The predicted octanol–water partition coefficient (Wildman–Crippen LogP) is 1.45. The Labute approximate surface area is 155 Å². The van der Waals surface area contributed by atoms with E-state index in [1.807, 2.05) is 0 Å². The Balaban J connectivity index is 1.87. The van der Waals surface area contributed by atoms with Crippen LogP contribution in [0.2, 0.25) is 0 Å². The van der Waals surface area contributed by atoms with Crippen molar-refractivity contribution in [3.8, 4) is 0 Å². The molecule has 0 atom stereocenters. The summed E-state index contributed by atoms with van der Waals surface area (Å²) in [5, 5.41) is 4.64. The number of hydrogen-bond acceptors (Lipinski definition) is 0. The molecule has 3 aliphatic heterocycles. The average molecular weight is 347 g/mol. The third kappa shape index (κ3) is 1.60. The summed E-state index contributed by atoms with van der Waals surface area (Å²) < 4.78 is 0. The molecule has 0 saturated carbocycles. The van der Waals surface area contributed by atoms with E-state index in [1.54, 1.807) is 15.9 Å². The molecule has 7 rings (SSSR count). The SMILES string of the molecule is c1ccc([B-]23c4ccccc4P(c4ccccc42)c2ccccc23)cc1. The standard InChI is InChI=1S/C24H17BP/c1-2-10-18(11-3-1)25-19-12-4-7-15-22(19)26(23-16-8-5-13-20(23)25)24-17-9-6-14-21(24)25/h1-17H/q-1. The van der Waals surface area contributed by atoms with Crippen molar-refractivity contribution in [1.82, 2.24) is 0 Å². The van der Waals surface area contributed by atoms with Crippen molar-refractivity contribution in [3.05, 3.63) is 103 Å². The van der Waals surface area contributed by atoms with Crippen molar-refractivity contribution in [3.63, 3.8) is 0 Å². The van der Waals surface area contributed by atoms with Gasteiger partial charge in [0.15, 0.2) is 0 Å². The van der Waals surface area contributed by atoms with E-state index < -0.39 is 14.1 Å². The van der Waals surface area contributed by atoms with Crippen molar-refractivity contribution < 1.29 is 0 Å². The Morgan fingerprint density at radius 3 is 1.27 bits per heavy atom. The van der Waals surface area contributed by atoms with Gasteiger partial charge in [0, 0.05) is 0 Å². The fourth-order valence-corrected chi connectivity index (χ4v) is 8.41. The third-order valence-electron chi connectivity index (χ3n) is 6.23. The van der Waals surface area contributed by atoms with E-state index in [-0.39, 0.29) is 0 Å². The van der Waals surface area contributed by atoms with Crippen molar-refractivity contribution in [2.45, 2.75) is 0 Å². The third-order valence-corrected chi connectivity index (χ3v) is 8.90. The minimum atomic E-state index is -1.11. The minimum absolute atomic E-state index is 0.458. The van der Waals surface area contributed by atoms with Crippen LogP contribution in [0.15, 0.2) is 103 Å². The Kier molecular flexibility index (Phi) is 2.90. The zero-order valence-electron chi connectivity index (χ0n) is 14.3. The quantitative estimate of drug-likeness (QED) is 0.312. The Morgan fingerprint density at radius 2 is 0.808 bits per heavy atom. The van der Waals surface area contributed by atoms with Gasteiger partial charge in [-0.15, -0.1) is 0 Å². The lowest BCUT2D eigenvalue weighted by molar-refractivity contribution is 1.67. The first kappa shape index (κ1) is 14.5. The molecular weight excluding hydrogens is 330 g/mol. The molecule has 26 heavy (non-hydrogen) atoms. The lowest BCUT2D eigenvalue weighted by atomic mass is 9.12. The highest BCUT2D eigenvalue weighted by molar-refractivity contribution is 7.83. The number of benzene rings is 4. The molecule has 0 unspecified atom stereocenters. The molecule has 3 heterocycles. The van der Waals surface area contributed by atoms with Crippen LogP contribution in [0, 0.1) is 0 Å². The van der Waals surface area contributed by atoms with E-state index in [1.165, 1.54) is 21.9 Å². The van der Waals surface area contributed by atoms with E-state index in [9.17, 15) is 0 Å². The topological polar surface area (TPSA) is 0 Å². The van der Waals surface area contributed by atoms with Gasteiger partial charge in [0.1, 0.15) is 6.15 Å². The fraction of sp³-hybridized carbons (Fsp3) is 0. The molecule has 2 heteroatoms. The van der Waals surface area contributed by atoms with E-state index >= 15 is 0 Å². The summed E-state index contributed by atoms with van der Waals surface area (Å²) >= 11 is 0. The zero-order chi connectivity index (χ0) is 17.1. The lowest BCUT2D eigenvalue weighted by Crippen LogP contribution is -2.86. The summed E-state index contributed by atoms with van der Waals surface area (Å²) in [5.41, 5.74) is 6.01. The van der Waals surface area contributed by atoms with Gasteiger partial charge in [-0.1, -0.05) is 103 Å². The summed E-state index contributed by atoms with van der Waals surface area (Å²) in [7, 11) is -0.458. The average Bonchev–Trinajstić information content (AvgIpc) is 2.74. The molecule has 0 spiro atoms. The van der Waals surface area contributed by atoms with Crippen LogP contribution in [-0.4, -0.2) is 6.15 Å². The molecule has 122 valence electrons. The van der Waals surface area contributed by atoms with Gasteiger partial charge in [0.2, 0.25) is 0 Å². The summed E-state index contributed by atoms with van der Waals surface area (Å²) in [5.74, 6) is 0. The highest BCUT2D eigenvalue weighted by Gasteiger charge is 2.46. The molecule has 4 aromatic rings. The maximum absolute atomic E-state index is 2.38. The van der Waals surface area contributed by atoms with Crippen LogP contribution >= 0.6 is 7.92 Å². The number of hydrogen-bond donors (Lipinski definition) is 0. The summed E-state index contributed by atoms with van der Waals surface area (Å²) in [4.78, 5) is 0. The normalized spacial score (nSPS) is 21.6. The largest absolute Gasteiger partial charge is 0.195 e. The summed E-state index contributed by atoms with van der Waals surface area (Å²) in [6, 6.07) is 38.7. The first-order valence-electron chi connectivity index (χ1n) is 9.22. The molecule has 0 nitrogen and oxygen atoms in total. The van der Waals surface area contributed by atoms with E-state index in [2.05, 4.69) is 103 Å². The van der Waals surface area contributed by atoms with Gasteiger partial charge in [-0.25, -0.2) is 0 Å². The van der Waals surface area contributed by atoms with E-state index in [0.717, 1.165) is 0 Å².